The molecule has 1 aromatic rings. The minimum atomic E-state index is -0.864. The van der Waals surface area contributed by atoms with Gasteiger partial charge in [-0.1, -0.05) is 12.1 Å². The molecule has 0 aliphatic rings. The number of ether oxygens (including phenoxy) is 1. The Morgan fingerprint density at radius 3 is 2.53 bits per heavy atom. The van der Waals surface area contributed by atoms with Crippen LogP contribution in [0.4, 0.5) is 4.39 Å². The van der Waals surface area contributed by atoms with Gasteiger partial charge in [-0.3, -0.25) is 4.79 Å². The predicted molar refractivity (Wildman–Crippen MR) is 53.2 cm³/mol. The number of halogens is 1. The fraction of sp³-hybridized carbons (Fsp3) is 0.364. The summed E-state index contributed by atoms with van der Waals surface area (Å²) in [5, 5.41) is 8.34. The summed E-state index contributed by atoms with van der Waals surface area (Å²) < 4.78 is 17.6. The lowest BCUT2D eigenvalue weighted by Gasteiger charge is -2.02. The van der Waals surface area contributed by atoms with Crippen LogP contribution in [0.1, 0.15) is 12.0 Å². The number of benzene rings is 1. The SMILES string of the molecule is O=C(O)CCOCCc1ccc(F)cc1. The Balaban J connectivity index is 2.15. The molecule has 15 heavy (non-hydrogen) atoms. The van der Waals surface area contributed by atoms with Gasteiger partial charge in [0.2, 0.25) is 0 Å². The Hall–Kier alpha value is -1.42. The van der Waals surface area contributed by atoms with Gasteiger partial charge >= 0.3 is 5.97 Å². The predicted octanol–water partition coefficient (Wildman–Crippen LogP) is 1.86. The second-order valence-electron chi connectivity index (χ2n) is 3.13. The standard InChI is InChI=1S/C11H13FO3/c12-10-3-1-9(2-4-10)5-7-15-8-6-11(13)14/h1-4H,5-8H2,(H,13,14). The number of hydrogen-bond donors (Lipinski definition) is 1. The van der Waals surface area contributed by atoms with E-state index in [1.807, 2.05) is 0 Å². The maximum absolute atomic E-state index is 12.5. The van der Waals surface area contributed by atoms with E-state index in [-0.39, 0.29) is 18.8 Å². The van der Waals surface area contributed by atoms with Gasteiger partial charge < -0.3 is 9.84 Å². The van der Waals surface area contributed by atoms with E-state index in [1.54, 1.807) is 12.1 Å². The van der Waals surface area contributed by atoms with Crippen molar-refractivity contribution in [1.29, 1.82) is 0 Å². The monoisotopic (exact) mass is 212 g/mol. The van der Waals surface area contributed by atoms with Gasteiger partial charge in [-0.15, -0.1) is 0 Å². The molecule has 0 aromatic heterocycles. The van der Waals surface area contributed by atoms with Crippen molar-refractivity contribution in [2.24, 2.45) is 0 Å². The highest BCUT2D eigenvalue weighted by Crippen LogP contribution is 2.03. The summed E-state index contributed by atoms with van der Waals surface area (Å²) in [7, 11) is 0. The van der Waals surface area contributed by atoms with Gasteiger partial charge in [-0.05, 0) is 24.1 Å². The zero-order valence-electron chi connectivity index (χ0n) is 8.28. The number of aliphatic carboxylic acids is 1. The molecular formula is C11H13FO3. The number of rotatable bonds is 6. The van der Waals surface area contributed by atoms with Crippen LogP contribution in [-0.2, 0) is 16.0 Å². The molecule has 1 N–H and O–H groups in total. The molecule has 0 aliphatic heterocycles. The topological polar surface area (TPSA) is 46.5 Å². The van der Waals surface area contributed by atoms with Gasteiger partial charge in [0.25, 0.3) is 0 Å². The highest BCUT2D eigenvalue weighted by Gasteiger charge is 1.97. The molecule has 0 unspecified atom stereocenters. The zero-order chi connectivity index (χ0) is 11.1. The van der Waals surface area contributed by atoms with Crippen molar-refractivity contribution in [3.05, 3.63) is 35.6 Å². The molecule has 82 valence electrons. The smallest absolute Gasteiger partial charge is 0.305 e. The van der Waals surface area contributed by atoms with E-state index >= 15 is 0 Å². The maximum atomic E-state index is 12.5. The maximum Gasteiger partial charge on any atom is 0.305 e. The highest BCUT2D eigenvalue weighted by molar-refractivity contribution is 5.66. The molecule has 3 nitrogen and oxygen atoms in total. The minimum absolute atomic E-state index is 0.0173. The molecule has 4 heteroatoms. The van der Waals surface area contributed by atoms with Gasteiger partial charge in [0.15, 0.2) is 0 Å². The summed E-state index contributed by atoms with van der Waals surface area (Å²) >= 11 is 0. The molecule has 0 atom stereocenters. The van der Waals surface area contributed by atoms with Crippen molar-refractivity contribution in [3.63, 3.8) is 0 Å². The highest BCUT2D eigenvalue weighted by atomic mass is 19.1. The molecule has 1 aromatic carbocycles. The van der Waals surface area contributed by atoms with Crippen molar-refractivity contribution in [3.8, 4) is 0 Å². The second kappa shape index (κ2) is 6.14. The quantitative estimate of drug-likeness (QED) is 0.732. The van der Waals surface area contributed by atoms with Crippen LogP contribution >= 0.6 is 0 Å². The first-order valence-electron chi connectivity index (χ1n) is 4.72. The summed E-state index contributed by atoms with van der Waals surface area (Å²) in [6.07, 6.45) is 0.684. The number of carboxylic acids is 1. The Labute approximate surface area is 87.5 Å². The van der Waals surface area contributed by atoms with E-state index in [4.69, 9.17) is 9.84 Å². The molecule has 0 saturated heterocycles. The van der Waals surface area contributed by atoms with E-state index in [0.717, 1.165) is 5.56 Å². The van der Waals surface area contributed by atoms with Gasteiger partial charge in [0.1, 0.15) is 5.82 Å². The van der Waals surface area contributed by atoms with E-state index in [1.165, 1.54) is 12.1 Å². The summed E-state index contributed by atoms with van der Waals surface area (Å²) in [5.41, 5.74) is 0.978. The average molecular weight is 212 g/mol. The number of hydrogen-bond acceptors (Lipinski definition) is 2. The fourth-order valence-electron chi connectivity index (χ4n) is 1.10. The number of carboxylic acid groups (broad SMARTS) is 1. The third kappa shape index (κ3) is 5.12. The lowest BCUT2D eigenvalue weighted by molar-refractivity contribution is -0.138. The molecule has 0 radical (unpaired) electrons. The summed E-state index contributed by atoms with van der Waals surface area (Å²) in [4.78, 5) is 10.1. The van der Waals surface area contributed by atoms with Crippen LogP contribution in [0, 0.1) is 5.82 Å². The minimum Gasteiger partial charge on any atom is -0.481 e. The van der Waals surface area contributed by atoms with Crippen LogP contribution in [0.25, 0.3) is 0 Å². The first-order valence-corrected chi connectivity index (χ1v) is 4.72. The third-order valence-corrected chi connectivity index (χ3v) is 1.91. The van der Waals surface area contributed by atoms with E-state index < -0.39 is 5.97 Å². The molecular weight excluding hydrogens is 199 g/mol. The Kier molecular flexibility index (Phi) is 4.77. The Bertz CT molecular complexity index is 308. The van der Waals surface area contributed by atoms with Crippen molar-refractivity contribution < 1.29 is 19.0 Å². The molecule has 0 saturated carbocycles. The van der Waals surface area contributed by atoms with Crippen molar-refractivity contribution in [2.75, 3.05) is 13.2 Å². The van der Waals surface area contributed by atoms with Crippen molar-refractivity contribution in [1.82, 2.24) is 0 Å². The summed E-state index contributed by atoms with van der Waals surface area (Å²) in [5.74, 6) is -1.12. The van der Waals surface area contributed by atoms with Crippen LogP contribution in [0.5, 0.6) is 0 Å². The van der Waals surface area contributed by atoms with Crippen LogP contribution < -0.4 is 0 Å². The first-order chi connectivity index (χ1) is 7.18. The van der Waals surface area contributed by atoms with Crippen LogP contribution in [0.3, 0.4) is 0 Å². The Morgan fingerprint density at radius 2 is 1.93 bits per heavy atom. The summed E-state index contributed by atoms with van der Waals surface area (Å²) in [6.45, 7) is 0.676. The molecule has 0 fully saturated rings. The lowest BCUT2D eigenvalue weighted by atomic mass is 10.2. The largest absolute Gasteiger partial charge is 0.481 e. The molecule has 0 amide bonds. The average Bonchev–Trinajstić information content (AvgIpc) is 2.20. The molecule has 0 bridgehead atoms. The van der Waals surface area contributed by atoms with E-state index in [2.05, 4.69) is 0 Å². The Morgan fingerprint density at radius 1 is 1.27 bits per heavy atom. The molecule has 0 spiro atoms. The van der Waals surface area contributed by atoms with Crippen LogP contribution in [-0.4, -0.2) is 24.3 Å². The van der Waals surface area contributed by atoms with Crippen molar-refractivity contribution in [2.45, 2.75) is 12.8 Å². The van der Waals surface area contributed by atoms with Crippen LogP contribution in [0.2, 0.25) is 0 Å². The second-order valence-corrected chi connectivity index (χ2v) is 3.13. The molecule has 0 heterocycles. The zero-order valence-corrected chi connectivity index (χ0v) is 8.28. The number of carbonyl (C=O) groups is 1. The van der Waals surface area contributed by atoms with Gasteiger partial charge in [0, 0.05) is 0 Å². The summed E-state index contributed by atoms with van der Waals surface area (Å²) in [6, 6.07) is 6.17. The molecule has 0 aliphatic carbocycles. The van der Waals surface area contributed by atoms with E-state index in [0.29, 0.717) is 13.0 Å². The van der Waals surface area contributed by atoms with Crippen molar-refractivity contribution >= 4 is 5.97 Å². The molecule has 1 rings (SSSR count). The first kappa shape index (κ1) is 11.7. The fourth-order valence-corrected chi connectivity index (χ4v) is 1.10. The third-order valence-electron chi connectivity index (χ3n) is 1.91. The van der Waals surface area contributed by atoms with Gasteiger partial charge in [-0.2, -0.15) is 0 Å². The van der Waals surface area contributed by atoms with Gasteiger partial charge in [0.05, 0.1) is 19.6 Å². The van der Waals surface area contributed by atoms with E-state index in [9.17, 15) is 9.18 Å². The normalized spacial score (nSPS) is 10.2. The van der Waals surface area contributed by atoms with Gasteiger partial charge in [-0.25, -0.2) is 4.39 Å². The lowest BCUT2D eigenvalue weighted by Crippen LogP contribution is -2.05. The van der Waals surface area contributed by atoms with Crippen LogP contribution in [0.15, 0.2) is 24.3 Å².